The number of hydrogen-bond donors (Lipinski definition) is 1. The molecule has 0 aromatic heterocycles. The van der Waals surface area contributed by atoms with Crippen LogP contribution in [0, 0.1) is 0 Å². The summed E-state index contributed by atoms with van der Waals surface area (Å²) >= 11 is 0. The Balaban J connectivity index is 2.04. The highest BCUT2D eigenvalue weighted by atomic mass is 16.5. The minimum atomic E-state index is -0.838. The van der Waals surface area contributed by atoms with Crippen molar-refractivity contribution in [2.45, 2.75) is 50.2 Å². The molecule has 1 saturated carbocycles. The highest BCUT2D eigenvalue weighted by molar-refractivity contribution is 5.73. The number of fused-ring (bicyclic) bond motifs is 2. The van der Waals surface area contributed by atoms with Crippen molar-refractivity contribution in [1.82, 2.24) is 0 Å². The van der Waals surface area contributed by atoms with Crippen LogP contribution >= 0.6 is 0 Å². The van der Waals surface area contributed by atoms with Gasteiger partial charge in [-0.05, 0) is 24.0 Å². The summed E-state index contributed by atoms with van der Waals surface area (Å²) in [4.78, 5) is 11.3. The van der Waals surface area contributed by atoms with Crippen LogP contribution in [0.4, 0.5) is 0 Å². The quantitative estimate of drug-likeness (QED) is 0.828. The first kappa shape index (κ1) is 11.7. The molecule has 1 N–H and O–H groups in total. The van der Waals surface area contributed by atoms with Gasteiger partial charge >= 0.3 is 5.97 Å². The lowest BCUT2D eigenvalue weighted by atomic mass is 9.75. The van der Waals surface area contributed by atoms with Crippen molar-refractivity contribution in [2.75, 3.05) is 0 Å². The molecule has 1 spiro atoms. The van der Waals surface area contributed by atoms with Gasteiger partial charge in [-0.15, -0.1) is 0 Å². The molecule has 1 aliphatic heterocycles. The first-order valence-electron chi connectivity index (χ1n) is 6.70. The summed E-state index contributed by atoms with van der Waals surface area (Å²) in [7, 11) is 0. The topological polar surface area (TPSA) is 46.5 Å². The smallest absolute Gasteiger partial charge is 0.333 e. The molecule has 1 unspecified atom stereocenters. The first-order chi connectivity index (χ1) is 8.71. The molecular weight excluding hydrogens is 228 g/mol. The van der Waals surface area contributed by atoms with Crippen molar-refractivity contribution >= 4 is 5.97 Å². The molecule has 2 aliphatic rings. The van der Waals surface area contributed by atoms with Crippen LogP contribution in [-0.4, -0.2) is 17.2 Å². The van der Waals surface area contributed by atoms with Crippen LogP contribution in [0.2, 0.25) is 0 Å². The van der Waals surface area contributed by atoms with Crippen molar-refractivity contribution in [3.63, 3.8) is 0 Å². The van der Waals surface area contributed by atoms with Crippen LogP contribution in [0.3, 0.4) is 0 Å². The van der Waals surface area contributed by atoms with E-state index >= 15 is 0 Å². The highest BCUT2D eigenvalue weighted by Gasteiger charge is 2.43. The molecule has 0 saturated heterocycles. The van der Waals surface area contributed by atoms with E-state index < -0.39 is 12.1 Å². The van der Waals surface area contributed by atoms with E-state index in [4.69, 9.17) is 4.74 Å². The van der Waals surface area contributed by atoms with Crippen LogP contribution in [0.15, 0.2) is 24.3 Å². The minimum Gasteiger partial charge on any atom is -0.479 e. The summed E-state index contributed by atoms with van der Waals surface area (Å²) in [6, 6.07) is 8.17. The predicted octanol–water partition coefficient (Wildman–Crippen LogP) is 2.87. The number of ether oxygens (including phenoxy) is 1. The second-order valence-corrected chi connectivity index (χ2v) is 5.36. The Morgan fingerprint density at radius 2 is 1.94 bits per heavy atom. The second kappa shape index (κ2) is 4.39. The summed E-state index contributed by atoms with van der Waals surface area (Å²) in [5.74, 6) is -0.838. The lowest BCUT2D eigenvalue weighted by Crippen LogP contribution is -2.44. The monoisotopic (exact) mass is 246 g/mol. The Morgan fingerprint density at radius 3 is 2.67 bits per heavy atom. The van der Waals surface area contributed by atoms with Gasteiger partial charge in [-0.3, -0.25) is 0 Å². The summed E-state index contributed by atoms with van der Waals surface area (Å²) in [6.45, 7) is 0. The van der Waals surface area contributed by atoms with Gasteiger partial charge in [0, 0.05) is 6.42 Å². The fourth-order valence-electron chi connectivity index (χ4n) is 3.37. The molecule has 1 aromatic carbocycles. The largest absolute Gasteiger partial charge is 0.479 e. The van der Waals surface area contributed by atoms with E-state index in [1.807, 2.05) is 18.2 Å². The Labute approximate surface area is 107 Å². The third-order valence-corrected chi connectivity index (χ3v) is 4.22. The average molecular weight is 246 g/mol. The molecule has 18 heavy (non-hydrogen) atoms. The third-order valence-electron chi connectivity index (χ3n) is 4.22. The lowest BCUT2D eigenvalue weighted by Gasteiger charge is -2.44. The summed E-state index contributed by atoms with van der Waals surface area (Å²) < 4.78 is 6.00. The minimum absolute atomic E-state index is 0.337. The fourth-order valence-corrected chi connectivity index (χ4v) is 3.37. The Kier molecular flexibility index (Phi) is 2.86. The van der Waals surface area contributed by atoms with Gasteiger partial charge in [-0.1, -0.05) is 43.5 Å². The Bertz CT molecular complexity index is 461. The molecule has 1 heterocycles. The van der Waals surface area contributed by atoms with Gasteiger partial charge in [0.2, 0.25) is 0 Å². The van der Waals surface area contributed by atoms with Crippen molar-refractivity contribution in [2.24, 2.45) is 0 Å². The van der Waals surface area contributed by atoms with Crippen LogP contribution in [0.1, 0.15) is 43.2 Å². The molecule has 0 amide bonds. The zero-order chi connectivity index (χ0) is 12.6. The number of rotatable bonds is 1. The van der Waals surface area contributed by atoms with E-state index in [1.165, 1.54) is 12.0 Å². The number of hydrogen-bond acceptors (Lipinski definition) is 2. The molecule has 1 aliphatic carbocycles. The predicted molar refractivity (Wildman–Crippen MR) is 67.4 cm³/mol. The molecule has 1 atom stereocenters. The van der Waals surface area contributed by atoms with Gasteiger partial charge in [0.25, 0.3) is 0 Å². The van der Waals surface area contributed by atoms with E-state index in [-0.39, 0.29) is 5.60 Å². The van der Waals surface area contributed by atoms with E-state index in [2.05, 4.69) is 6.07 Å². The third kappa shape index (κ3) is 1.83. The van der Waals surface area contributed by atoms with Crippen molar-refractivity contribution < 1.29 is 14.6 Å². The standard InChI is InChI=1S/C15H18O3/c16-14(17)13-10-11-6-2-3-7-12(11)15(18-13)8-4-1-5-9-15/h2-3,6-7,13H,1,4-5,8-10H2,(H,16,17). The highest BCUT2D eigenvalue weighted by Crippen LogP contribution is 2.45. The maximum Gasteiger partial charge on any atom is 0.333 e. The van der Waals surface area contributed by atoms with Gasteiger partial charge in [0.15, 0.2) is 6.10 Å². The zero-order valence-electron chi connectivity index (χ0n) is 10.4. The molecule has 3 rings (SSSR count). The van der Waals surface area contributed by atoms with Gasteiger partial charge < -0.3 is 9.84 Å². The van der Waals surface area contributed by atoms with E-state index in [0.717, 1.165) is 31.2 Å². The lowest BCUT2D eigenvalue weighted by molar-refractivity contribution is -0.175. The van der Waals surface area contributed by atoms with E-state index in [9.17, 15) is 9.90 Å². The van der Waals surface area contributed by atoms with Crippen LogP contribution < -0.4 is 0 Å². The molecule has 3 nitrogen and oxygen atoms in total. The molecule has 3 heteroatoms. The average Bonchev–Trinajstić information content (AvgIpc) is 2.40. The zero-order valence-corrected chi connectivity index (χ0v) is 10.4. The first-order valence-corrected chi connectivity index (χ1v) is 6.70. The van der Waals surface area contributed by atoms with Crippen molar-refractivity contribution in [1.29, 1.82) is 0 Å². The second-order valence-electron chi connectivity index (χ2n) is 5.36. The van der Waals surface area contributed by atoms with Crippen molar-refractivity contribution in [3.05, 3.63) is 35.4 Å². The van der Waals surface area contributed by atoms with Crippen LogP contribution in [-0.2, 0) is 21.6 Å². The van der Waals surface area contributed by atoms with E-state index in [0.29, 0.717) is 6.42 Å². The molecular formula is C15H18O3. The van der Waals surface area contributed by atoms with Crippen LogP contribution in [0.25, 0.3) is 0 Å². The summed E-state index contributed by atoms with van der Waals surface area (Å²) in [6.07, 6.45) is 5.19. The number of benzene rings is 1. The number of carboxylic acids is 1. The maximum atomic E-state index is 11.3. The fraction of sp³-hybridized carbons (Fsp3) is 0.533. The normalized spacial score (nSPS) is 25.7. The van der Waals surface area contributed by atoms with Gasteiger partial charge in [-0.25, -0.2) is 4.79 Å². The Hall–Kier alpha value is -1.35. The molecule has 96 valence electrons. The van der Waals surface area contributed by atoms with Gasteiger partial charge in [-0.2, -0.15) is 0 Å². The SMILES string of the molecule is O=C(O)C1Cc2ccccc2C2(CCCCC2)O1. The number of carboxylic acid groups (broad SMARTS) is 1. The number of carbonyl (C=O) groups is 1. The molecule has 1 fully saturated rings. The van der Waals surface area contributed by atoms with Crippen LogP contribution in [0.5, 0.6) is 0 Å². The number of aliphatic carboxylic acids is 1. The molecule has 1 aromatic rings. The summed E-state index contributed by atoms with van der Waals surface area (Å²) in [5.41, 5.74) is 2.04. The van der Waals surface area contributed by atoms with Gasteiger partial charge in [0.05, 0.1) is 5.60 Å². The molecule has 0 radical (unpaired) electrons. The Morgan fingerprint density at radius 1 is 1.22 bits per heavy atom. The molecule has 0 bridgehead atoms. The maximum absolute atomic E-state index is 11.3. The van der Waals surface area contributed by atoms with Gasteiger partial charge in [0.1, 0.15) is 0 Å². The van der Waals surface area contributed by atoms with Crippen molar-refractivity contribution in [3.8, 4) is 0 Å². The van der Waals surface area contributed by atoms with E-state index in [1.54, 1.807) is 0 Å². The summed E-state index contributed by atoms with van der Waals surface area (Å²) in [5, 5.41) is 9.25.